The number of nitrogens with zero attached hydrogens (tertiary/aromatic N) is 5. The monoisotopic (exact) mass is 446 g/mol. The van der Waals surface area contributed by atoms with Crippen LogP contribution in [-0.2, 0) is 0 Å². The minimum absolute atomic E-state index is 0.132. The van der Waals surface area contributed by atoms with Crippen molar-refractivity contribution < 1.29 is 4.52 Å². The van der Waals surface area contributed by atoms with Crippen molar-refractivity contribution in [1.29, 1.82) is 0 Å². The summed E-state index contributed by atoms with van der Waals surface area (Å²) in [6, 6.07) is 18.5. The summed E-state index contributed by atoms with van der Waals surface area (Å²) in [5.74, 6) is 0.774. The van der Waals surface area contributed by atoms with Crippen LogP contribution in [0, 0.1) is 13.8 Å². The van der Waals surface area contributed by atoms with E-state index in [2.05, 4.69) is 62.5 Å². The van der Waals surface area contributed by atoms with Gasteiger partial charge in [0.05, 0.1) is 28.6 Å². The quantitative estimate of drug-likeness (QED) is 0.365. The molecular weight excluding hydrogens is 424 g/mol. The molecule has 1 N–H and O–H groups in total. The molecule has 6 rings (SSSR count). The molecule has 7 heteroatoms. The van der Waals surface area contributed by atoms with E-state index in [-0.39, 0.29) is 6.04 Å². The summed E-state index contributed by atoms with van der Waals surface area (Å²) in [7, 11) is 0. The Labute approximate surface area is 196 Å². The molecule has 1 aromatic carbocycles. The Morgan fingerprint density at radius 3 is 2.50 bits per heavy atom. The molecule has 0 fully saturated rings. The smallest absolute Gasteiger partial charge is 0.141 e. The first-order valence-electron chi connectivity index (χ1n) is 11.1. The van der Waals surface area contributed by atoms with Gasteiger partial charge >= 0.3 is 0 Å². The molecule has 0 amide bonds. The molecule has 0 radical (unpaired) electrons. The van der Waals surface area contributed by atoms with Gasteiger partial charge in [-0.2, -0.15) is 5.10 Å². The normalized spacial score (nSPS) is 12.3. The van der Waals surface area contributed by atoms with Crippen molar-refractivity contribution in [3.05, 3.63) is 108 Å². The number of rotatable bonds is 5. The first-order chi connectivity index (χ1) is 16.7. The van der Waals surface area contributed by atoms with Gasteiger partial charge in [0, 0.05) is 47.0 Å². The molecule has 0 bridgehead atoms. The van der Waals surface area contributed by atoms with Crippen molar-refractivity contribution in [3.63, 3.8) is 0 Å². The number of hydrogen-bond donors (Lipinski definition) is 1. The van der Waals surface area contributed by atoms with Crippen molar-refractivity contribution >= 4 is 11.0 Å². The fraction of sp³-hybridized carbons (Fsp3) is 0.111. The maximum absolute atomic E-state index is 5.44. The zero-order chi connectivity index (χ0) is 23.1. The summed E-state index contributed by atoms with van der Waals surface area (Å²) in [5, 5.41) is 11.2. The molecule has 6 aromatic rings. The predicted octanol–water partition coefficient (Wildman–Crippen LogP) is 5.73. The number of aryl methyl sites for hydroxylation is 2. The van der Waals surface area contributed by atoms with E-state index in [1.165, 1.54) is 0 Å². The van der Waals surface area contributed by atoms with Gasteiger partial charge in [-0.05, 0) is 37.6 Å². The molecule has 1 atom stereocenters. The molecule has 0 saturated carbocycles. The second-order valence-electron chi connectivity index (χ2n) is 8.30. The Bertz CT molecular complexity index is 1510. The van der Waals surface area contributed by atoms with Gasteiger partial charge in [-0.15, -0.1) is 0 Å². The highest BCUT2D eigenvalue weighted by Gasteiger charge is 2.24. The Hall–Kier alpha value is -4.52. The second kappa shape index (κ2) is 8.12. The Morgan fingerprint density at radius 2 is 1.79 bits per heavy atom. The number of nitrogens with one attached hydrogen (secondary N) is 1. The van der Waals surface area contributed by atoms with E-state index in [1.54, 1.807) is 0 Å². The van der Waals surface area contributed by atoms with Crippen LogP contribution in [0.25, 0.3) is 33.3 Å². The van der Waals surface area contributed by atoms with Crippen molar-refractivity contribution in [2.45, 2.75) is 19.9 Å². The van der Waals surface area contributed by atoms with E-state index in [0.29, 0.717) is 0 Å². The lowest BCUT2D eigenvalue weighted by atomic mass is 10.0. The van der Waals surface area contributed by atoms with E-state index in [4.69, 9.17) is 14.5 Å². The van der Waals surface area contributed by atoms with E-state index >= 15 is 0 Å². The number of aromatic nitrogens is 6. The van der Waals surface area contributed by atoms with E-state index in [1.807, 2.05) is 56.8 Å². The summed E-state index contributed by atoms with van der Waals surface area (Å²) in [4.78, 5) is 9.64. The van der Waals surface area contributed by atoms with Crippen LogP contribution in [0.5, 0.6) is 0 Å². The fourth-order valence-electron chi connectivity index (χ4n) is 4.63. The highest BCUT2D eigenvalue weighted by molar-refractivity contribution is 5.95. The number of H-pyrrole nitrogens is 1. The minimum atomic E-state index is -0.132. The van der Waals surface area contributed by atoms with Crippen molar-refractivity contribution in [2.24, 2.45) is 0 Å². The van der Waals surface area contributed by atoms with E-state index in [9.17, 15) is 0 Å². The molecule has 7 nitrogen and oxygen atoms in total. The summed E-state index contributed by atoms with van der Waals surface area (Å²) >= 11 is 0. The third-order valence-corrected chi connectivity index (χ3v) is 6.16. The van der Waals surface area contributed by atoms with Crippen LogP contribution in [0.15, 0.2) is 90.1 Å². The summed E-state index contributed by atoms with van der Waals surface area (Å²) in [6.45, 7) is 3.88. The second-order valence-corrected chi connectivity index (χ2v) is 8.30. The van der Waals surface area contributed by atoms with Crippen LogP contribution in [0.2, 0.25) is 0 Å². The van der Waals surface area contributed by atoms with Crippen molar-refractivity contribution in [1.82, 2.24) is 29.9 Å². The topological polar surface area (TPSA) is 85.4 Å². The molecular formula is C27H22N6O. The first kappa shape index (κ1) is 20.1. The zero-order valence-electron chi connectivity index (χ0n) is 18.8. The molecule has 0 aliphatic heterocycles. The van der Waals surface area contributed by atoms with Gasteiger partial charge < -0.3 is 9.09 Å². The number of hydrogen-bond acceptors (Lipinski definition) is 5. The van der Waals surface area contributed by atoms with Crippen LogP contribution < -0.4 is 0 Å². The number of benzene rings is 1. The molecule has 5 heterocycles. The molecule has 166 valence electrons. The lowest BCUT2D eigenvalue weighted by Gasteiger charge is -2.20. The van der Waals surface area contributed by atoms with E-state index < -0.39 is 0 Å². The van der Waals surface area contributed by atoms with Gasteiger partial charge in [-0.25, -0.2) is 0 Å². The average molecular weight is 447 g/mol. The highest BCUT2D eigenvalue weighted by atomic mass is 16.5. The fourth-order valence-corrected chi connectivity index (χ4v) is 4.63. The summed E-state index contributed by atoms with van der Waals surface area (Å²) in [6.07, 6.45) is 9.58. The molecule has 0 saturated heterocycles. The van der Waals surface area contributed by atoms with Crippen molar-refractivity contribution in [2.75, 3.05) is 0 Å². The van der Waals surface area contributed by atoms with Crippen LogP contribution in [-0.4, -0.2) is 29.9 Å². The standard InChI is InChI=1S/C27H22N6O/c1-17-25(18(2)34-32-17)20-12-24-26(29-13-20)22(21-14-30-31-15-21)16-33(24)27(19-8-4-3-5-9-19)23-10-6-7-11-28-23/h3-16,27H,1-2H3,(H,30,31)/t27-/m1/s1. The molecule has 0 unspecified atom stereocenters. The van der Waals surface area contributed by atoms with Crippen molar-refractivity contribution in [3.8, 4) is 22.3 Å². The lowest BCUT2D eigenvalue weighted by Crippen LogP contribution is -2.12. The SMILES string of the molecule is Cc1noc(C)c1-c1cnc2c(-c3cn[nH]c3)cn([C@H](c3ccccc3)c3ccccn3)c2c1. The molecule has 0 aliphatic carbocycles. The Morgan fingerprint density at radius 1 is 0.941 bits per heavy atom. The lowest BCUT2D eigenvalue weighted by molar-refractivity contribution is 0.393. The van der Waals surface area contributed by atoms with Crippen LogP contribution in [0.4, 0.5) is 0 Å². The summed E-state index contributed by atoms with van der Waals surface area (Å²) < 4.78 is 7.69. The number of fused-ring (bicyclic) bond motifs is 1. The number of aromatic amines is 1. The average Bonchev–Trinajstić information content (AvgIpc) is 3.60. The van der Waals surface area contributed by atoms with Gasteiger partial charge in [-0.1, -0.05) is 41.6 Å². The molecule has 34 heavy (non-hydrogen) atoms. The van der Waals surface area contributed by atoms with Gasteiger partial charge in [0.1, 0.15) is 11.8 Å². The van der Waals surface area contributed by atoms with Gasteiger partial charge in [0.15, 0.2) is 0 Å². The Balaban J connectivity index is 1.66. The first-order valence-corrected chi connectivity index (χ1v) is 11.1. The van der Waals surface area contributed by atoms with Crippen LogP contribution in [0.1, 0.15) is 28.8 Å². The zero-order valence-corrected chi connectivity index (χ0v) is 18.8. The van der Waals surface area contributed by atoms with E-state index in [0.717, 1.165) is 56.0 Å². The summed E-state index contributed by atoms with van der Waals surface area (Å²) in [5.41, 5.74) is 8.75. The van der Waals surface area contributed by atoms with Crippen LogP contribution >= 0.6 is 0 Å². The third kappa shape index (κ3) is 3.29. The number of pyridine rings is 2. The highest BCUT2D eigenvalue weighted by Crippen LogP contribution is 2.37. The van der Waals surface area contributed by atoms with Gasteiger partial charge in [-0.3, -0.25) is 15.1 Å². The molecule has 0 spiro atoms. The largest absolute Gasteiger partial charge is 0.361 e. The predicted molar refractivity (Wildman–Crippen MR) is 130 cm³/mol. The minimum Gasteiger partial charge on any atom is -0.361 e. The van der Waals surface area contributed by atoms with Gasteiger partial charge in [0.25, 0.3) is 0 Å². The maximum Gasteiger partial charge on any atom is 0.141 e. The maximum atomic E-state index is 5.44. The third-order valence-electron chi connectivity index (χ3n) is 6.16. The molecule has 5 aromatic heterocycles. The van der Waals surface area contributed by atoms with Crippen LogP contribution in [0.3, 0.4) is 0 Å². The Kier molecular flexibility index (Phi) is 4.80. The van der Waals surface area contributed by atoms with Gasteiger partial charge in [0.2, 0.25) is 0 Å². The molecule has 0 aliphatic rings.